The minimum atomic E-state index is -1.54. The van der Waals surface area contributed by atoms with E-state index in [0.29, 0.717) is 13.0 Å². The number of esters is 1. The monoisotopic (exact) mass is 753 g/mol. The molecule has 6 unspecified atom stereocenters. The van der Waals surface area contributed by atoms with E-state index in [0.717, 1.165) is 64.2 Å². The van der Waals surface area contributed by atoms with E-state index < -0.39 is 43.4 Å². The van der Waals surface area contributed by atoms with Gasteiger partial charge in [-0.05, 0) is 64.2 Å². The summed E-state index contributed by atoms with van der Waals surface area (Å²) < 4.78 is 22.8. The Labute approximate surface area is 323 Å². The molecule has 1 fully saturated rings. The van der Waals surface area contributed by atoms with Gasteiger partial charge >= 0.3 is 5.97 Å². The van der Waals surface area contributed by atoms with Gasteiger partial charge in [-0.1, -0.05) is 140 Å². The van der Waals surface area contributed by atoms with E-state index in [4.69, 9.17) is 18.9 Å². The molecule has 310 valence electrons. The van der Waals surface area contributed by atoms with Crippen LogP contribution in [0.5, 0.6) is 0 Å². The maximum atomic E-state index is 12.7. The Morgan fingerprint density at radius 2 is 1.11 bits per heavy atom. The molecular formula is C44H80O9. The summed E-state index contributed by atoms with van der Waals surface area (Å²) in [5.41, 5.74) is 0. The molecule has 4 N–H and O–H groups in total. The van der Waals surface area contributed by atoms with E-state index in [1.54, 1.807) is 0 Å². The first-order chi connectivity index (χ1) is 25.9. The molecule has 1 aliphatic rings. The summed E-state index contributed by atoms with van der Waals surface area (Å²) >= 11 is 0. The van der Waals surface area contributed by atoms with Gasteiger partial charge < -0.3 is 39.4 Å². The third kappa shape index (κ3) is 27.6. The second kappa shape index (κ2) is 36.1. The molecule has 1 saturated heterocycles. The smallest absolute Gasteiger partial charge is 0.306 e. The van der Waals surface area contributed by atoms with Gasteiger partial charge in [0.05, 0.1) is 19.8 Å². The van der Waals surface area contributed by atoms with Gasteiger partial charge in [-0.3, -0.25) is 4.79 Å². The SMILES string of the molecule is CCCC/C=C\C/C=C\CCCCCCCC(=O)OC(COCCCCCCCC/C=C\CCCCCCCC)COC1OC(CO)C(O)C(O)C1O. The van der Waals surface area contributed by atoms with Gasteiger partial charge in [0.25, 0.3) is 0 Å². The largest absolute Gasteiger partial charge is 0.457 e. The summed E-state index contributed by atoms with van der Waals surface area (Å²) in [6, 6.07) is 0. The van der Waals surface area contributed by atoms with Crippen LogP contribution in [0.3, 0.4) is 0 Å². The van der Waals surface area contributed by atoms with Crippen molar-refractivity contribution in [3.63, 3.8) is 0 Å². The lowest BCUT2D eigenvalue weighted by Crippen LogP contribution is -2.59. The van der Waals surface area contributed by atoms with Crippen LogP contribution < -0.4 is 0 Å². The van der Waals surface area contributed by atoms with E-state index in [1.807, 2.05) is 0 Å². The molecule has 1 heterocycles. The Balaban J connectivity index is 2.30. The summed E-state index contributed by atoms with van der Waals surface area (Å²) in [5, 5.41) is 40.0. The van der Waals surface area contributed by atoms with E-state index in [9.17, 15) is 25.2 Å². The van der Waals surface area contributed by atoms with Crippen molar-refractivity contribution in [2.75, 3.05) is 26.4 Å². The molecule has 53 heavy (non-hydrogen) atoms. The number of hydrogen-bond acceptors (Lipinski definition) is 9. The predicted octanol–water partition coefficient (Wildman–Crippen LogP) is 9.19. The number of aliphatic hydroxyl groups excluding tert-OH is 4. The molecule has 0 bridgehead atoms. The van der Waals surface area contributed by atoms with E-state index in [2.05, 4.69) is 50.3 Å². The molecule has 9 heteroatoms. The Hall–Kier alpha value is -1.59. The molecule has 0 radical (unpaired) electrons. The van der Waals surface area contributed by atoms with Crippen molar-refractivity contribution in [3.8, 4) is 0 Å². The highest BCUT2D eigenvalue weighted by molar-refractivity contribution is 5.69. The van der Waals surface area contributed by atoms with Gasteiger partial charge in [-0.15, -0.1) is 0 Å². The fourth-order valence-electron chi connectivity index (χ4n) is 6.33. The zero-order chi connectivity index (χ0) is 38.6. The van der Waals surface area contributed by atoms with Crippen molar-refractivity contribution >= 4 is 5.97 Å². The number of unbranched alkanes of at least 4 members (excludes halogenated alkanes) is 19. The molecular weight excluding hydrogens is 672 g/mol. The number of aliphatic hydroxyl groups is 4. The Morgan fingerprint density at radius 3 is 1.70 bits per heavy atom. The number of hydrogen-bond donors (Lipinski definition) is 4. The van der Waals surface area contributed by atoms with Gasteiger partial charge in [-0.25, -0.2) is 0 Å². The summed E-state index contributed by atoms with van der Waals surface area (Å²) in [6.45, 7) is 4.48. The molecule has 0 saturated carbocycles. The lowest BCUT2D eigenvalue weighted by atomic mass is 9.99. The standard InChI is InChI=1S/C44H80O9/c1-3-5-7-9-11-13-15-17-19-20-22-24-26-28-30-32-34-50-36-38(37-51-44-43(49)42(48)41(47)39(35-45)53-44)52-40(46)33-31-29-27-25-23-21-18-16-14-12-10-8-6-4-2/h10,12,16-19,38-39,41-45,47-49H,3-9,11,13-15,20-37H2,1-2H3/b12-10-,18-16-,19-17-. The number of carbonyl (C=O) groups is 1. The third-order valence-corrected chi connectivity index (χ3v) is 9.78. The van der Waals surface area contributed by atoms with Gasteiger partial charge in [-0.2, -0.15) is 0 Å². The molecule has 6 atom stereocenters. The highest BCUT2D eigenvalue weighted by Gasteiger charge is 2.44. The summed E-state index contributed by atoms with van der Waals surface area (Å²) in [5.74, 6) is -0.330. The highest BCUT2D eigenvalue weighted by Crippen LogP contribution is 2.22. The maximum Gasteiger partial charge on any atom is 0.306 e. The first-order valence-corrected chi connectivity index (χ1v) is 21.6. The number of rotatable bonds is 36. The van der Waals surface area contributed by atoms with E-state index >= 15 is 0 Å². The summed E-state index contributed by atoms with van der Waals surface area (Å²) in [6.07, 6.45) is 34.5. The average molecular weight is 753 g/mol. The lowest BCUT2D eigenvalue weighted by Gasteiger charge is -2.39. The van der Waals surface area contributed by atoms with Gasteiger partial charge in [0.1, 0.15) is 30.5 Å². The minimum Gasteiger partial charge on any atom is -0.457 e. The third-order valence-electron chi connectivity index (χ3n) is 9.78. The predicted molar refractivity (Wildman–Crippen MR) is 215 cm³/mol. The Bertz CT molecular complexity index is 905. The summed E-state index contributed by atoms with van der Waals surface area (Å²) in [4.78, 5) is 12.7. The van der Waals surface area contributed by atoms with Crippen LogP contribution in [0.25, 0.3) is 0 Å². The second-order valence-corrected chi connectivity index (χ2v) is 14.8. The van der Waals surface area contributed by atoms with Crippen LogP contribution in [-0.4, -0.2) is 89.6 Å². The first kappa shape index (κ1) is 49.4. The fourth-order valence-corrected chi connectivity index (χ4v) is 6.33. The minimum absolute atomic E-state index is 0.121. The van der Waals surface area contributed by atoms with Crippen LogP contribution in [0.1, 0.15) is 174 Å². The second-order valence-electron chi connectivity index (χ2n) is 14.8. The van der Waals surface area contributed by atoms with Crippen molar-refractivity contribution < 1.29 is 44.2 Å². The van der Waals surface area contributed by atoms with E-state index in [-0.39, 0.29) is 19.2 Å². The topological polar surface area (TPSA) is 135 Å². The van der Waals surface area contributed by atoms with Crippen LogP contribution in [0.15, 0.2) is 36.5 Å². The van der Waals surface area contributed by atoms with Gasteiger partial charge in [0.15, 0.2) is 6.29 Å². The molecule has 0 aromatic rings. The molecule has 1 aliphatic heterocycles. The van der Waals surface area contributed by atoms with Gasteiger partial charge in [0, 0.05) is 13.0 Å². The average Bonchev–Trinajstić information content (AvgIpc) is 3.16. The number of ether oxygens (including phenoxy) is 4. The van der Waals surface area contributed by atoms with Crippen molar-refractivity contribution in [1.29, 1.82) is 0 Å². The van der Waals surface area contributed by atoms with Crippen LogP contribution >= 0.6 is 0 Å². The van der Waals surface area contributed by atoms with Crippen LogP contribution in [0.2, 0.25) is 0 Å². The Morgan fingerprint density at radius 1 is 0.604 bits per heavy atom. The summed E-state index contributed by atoms with van der Waals surface area (Å²) in [7, 11) is 0. The zero-order valence-electron chi connectivity index (χ0n) is 33.8. The molecule has 0 aromatic heterocycles. The molecule has 0 spiro atoms. The molecule has 9 nitrogen and oxygen atoms in total. The van der Waals surface area contributed by atoms with Crippen molar-refractivity contribution in [3.05, 3.63) is 36.5 Å². The normalized spacial score (nSPS) is 21.4. The van der Waals surface area contributed by atoms with Gasteiger partial charge in [0.2, 0.25) is 0 Å². The quantitative estimate of drug-likeness (QED) is 0.0281. The van der Waals surface area contributed by atoms with Crippen molar-refractivity contribution in [2.45, 2.75) is 211 Å². The zero-order valence-corrected chi connectivity index (χ0v) is 33.8. The molecule has 1 rings (SSSR count). The van der Waals surface area contributed by atoms with Crippen LogP contribution in [0.4, 0.5) is 0 Å². The number of carbonyl (C=O) groups excluding carboxylic acids is 1. The first-order valence-electron chi connectivity index (χ1n) is 21.6. The highest BCUT2D eigenvalue weighted by atomic mass is 16.7. The van der Waals surface area contributed by atoms with Crippen molar-refractivity contribution in [1.82, 2.24) is 0 Å². The fraction of sp³-hybridized carbons (Fsp3) is 0.841. The Kier molecular flexibility index (Phi) is 33.6. The van der Waals surface area contributed by atoms with Crippen molar-refractivity contribution in [2.24, 2.45) is 0 Å². The van der Waals surface area contributed by atoms with Crippen LogP contribution in [0, 0.1) is 0 Å². The van der Waals surface area contributed by atoms with E-state index in [1.165, 1.54) is 89.9 Å². The molecule has 0 amide bonds. The van der Waals surface area contributed by atoms with Crippen LogP contribution in [-0.2, 0) is 23.7 Å². The molecule has 0 aromatic carbocycles. The lowest BCUT2D eigenvalue weighted by molar-refractivity contribution is -0.305. The molecule has 0 aliphatic carbocycles. The maximum absolute atomic E-state index is 12.7. The number of allylic oxidation sites excluding steroid dienone is 6.